The molecule has 0 aromatic carbocycles. The first-order valence-corrected chi connectivity index (χ1v) is 6.91. The van der Waals surface area contributed by atoms with Gasteiger partial charge in [-0.1, -0.05) is 0 Å². The molecule has 0 radical (unpaired) electrons. The Hall–Kier alpha value is -1.27. The summed E-state index contributed by atoms with van der Waals surface area (Å²) in [6.45, 7) is 4.68. The molecule has 1 unspecified atom stereocenters. The first kappa shape index (κ1) is 14.1. The molecule has 0 saturated heterocycles. The lowest BCUT2D eigenvalue weighted by Gasteiger charge is -2.13. The van der Waals surface area contributed by atoms with Crippen molar-refractivity contribution in [2.24, 2.45) is 5.73 Å². The van der Waals surface area contributed by atoms with Crippen LogP contribution in [0.25, 0.3) is 0 Å². The van der Waals surface area contributed by atoms with Gasteiger partial charge in [0.1, 0.15) is 5.82 Å². The van der Waals surface area contributed by atoms with Gasteiger partial charge in [-0.25, -0.2) is 4.39 Å². The predicted molar refractivity (Wildman–Crippen MR) is 75.2 cm³/mol. The van der Waals surface area contributed by atoms with Gasteiger partial charge in [-0.2, -0.15) is 5.10 Å². The zero-order valence-corrected chi connectivity index (χ0v) is 12.5. The second-order valence-corrected chi connectivity index (χ2v) is 5.14. The quantitative estimate of drug-likeness (QED) is 0.939. The van der Waals surface area contributed by atoms with Gasteiger partial charge >= 0.3 is 0 Å². The molecule has 0 amide bonds. The lowest BCUT2D eigenvalue weighted by atomic mass is 10.1. The molecule has 19 heavy (non-hydrogen) atoms. The normalized spacial score (nSPS) is 12.7. The molecule has 0 aliphatic carbocycles. The average Bonchev–Trinajstić information content (AvgIpc) is 2.67. The van der Waals surface area contributed by atoms with E-state index in [1.807, 2.05) is 18.5 Å². The minimum atomic E-state index is -0.487. The molecular weight excluding hydrogens is 311 g/mol. The summed E-state index contributed by atoms with van der Waals surface area (Å²) in [6, 6.07) is 2.44. The highest BCUT2D eigenvalue weighted by atomic mass is 79.9. The summed E-state index contributed by atoms with van der Waals surface area (Å²) >= 11 is 3.51. The number of hydrogen-bond acceptors (Lipinski definition) is 3. The van der Waals surface area contributed by atoms with Crippen molar-refractivity contribution in [3.63, 3.8) is 0 Å². The summed E-state index contributed by atoms with van der Waals surface area (Å²) in [5.41, 5.74) is 8.23. The van der Waals surface area contributed by atoms with Crippen molar-refractivity contribution in [2.45, 2.75) is 32.9 Å². The molecule has 2 heterocycles. The number of rotatable bonds is 4. The van der Waals surface area contributed by atoms with Crippen LogP contribution in [0.1, 0.15) is 30.0 Å². The zero-order chi connectivity index (χ0) is 14.0. The molecule has 2 N–H and O–H groups in total. The van der Waals surface area contributed by atoms with Crippen LogP contribution < -0.4 is 5.73 Å². The van der Waals surface area contributed by atoms with Crippen molar-refractivity contribution in [3.8, 4) is 0 Å². The Balaban J connectivity index is 2.29. The summed E-state index contributed by atoms with van der Waals surface area (Å²) in [5.74, 6) is -0.370. The molecule has 0 bridgehead atoms. The number of nitrogens with zero attached hydrogens (tertiary/aromatic N) is 3. The third kappa shape index (κ3) is 2.84. The van der Waals surface area contributed by atoms with Crippen LogP contribution in [0.4, 0.5) is 4.39 Å². The molecule has 6 heteroatoms. The summed E-state index contributed by atoms with van der Waals surface area (Å²) in [7, 11) is 0. The number of hydrogen-bond donors (Lipinski definition) is 1. The van der Waals surface area contributed by atoms with Gasteiger partial charge in [-0.15, -0.1) is 0 Å². The molecule has 2 rings (SSSR count). The monoisotopic (exact) mass is 326 g/mol. The highest BCUT2D eigenvalue weighted by Crippen LogP contribution is 2.25. The first-order valence-electron chi connectivity index (χ1n) is 6.12. The summed E-state index contributed by atoms with van der Waals surface area (Å²) in [4.78, 5) is 4.02. The van der Waals surface area contributed by atoms with Gasteiger partial charge in [0, 0.05) is 19.2 Å². The standard InChI is InChI=1S/C13H16BrFN4/c1-3-19-11(12(14)8(2)18-19)7-10(16)13-9(15)5-4-6-17-13/h4-6,10H,3,7,16H2,1-2H3. The number of aryl methyl sites for hydroxylation is 2. The summed E-state index contributed by atoms with van der Waals surface area (Å²) < 4.78 is 16.5. The number of aromatic nitrogens is 3. The van der Waals surface area contributed by atoms with Gasteiger partial charge in [-0.05, 0) is 41.9 Å². The molecule has 0 aliphatic rings. The summed E-state index contributed by atoms with van der Waals surface area (Å²) in [6.07, 6.45) is 2.04. The Kier molecular flexibility index (Phi) is 4.31. The van der Waals surface area contributed by atoms with Gasteiger partial charge in [0.15, 0.2) is 0 Å². The second kappa shape index (κ2) is 5.79. The number of nitrogens with two attached hydrogens (primary N) is 1. The molecule has 1 atom stereocenters. The maximum Gasteiger partial charge on any atom is 0.146 e. The third-order valence-corrected chi connectivity index (χ3v) is 4.04. The second-order valence-electron chi connectivity index (χ2n) is 4.34. The van der Waals surface area contributed by atoms with Crippen LogP contribution in [-0.2, 0) is 13.0 Å². The van der Waals surface area contributed by atoms with Crippen LogP contribution in [0.5, 0.6) is 0 Å². The van der Waals surface area contributed by atoms with E-state index in [9.17, 15) is 4.39 Å². The van der Waals surface area contributed by atoms with Gasteiger partial charge in [0.25, 0.3) is 0 Å². The smallest absolute Gasteiger partial charge is 0.146 e. The molecule has 2 aromatic rings. The van der Waals surface area contributed by atoms with E-state index >= 15 is 0 Å². The van der Waals surface area contributed by atoms with Crippen LogP contribution in [0.15, 0.2) is 22.8 Å². The van der Waals surface area contributed by atoms with E-state index in [0.29, 0.717) is 6.42 Å². The van der Waals surface area contributed by atoms with Crippen molar-refractivity contribution >= 4 is 15.9 Å². The molecule has 0 aliphatic heterocycles. The van der Waals surface area contributed by atoms with Gasteiger partial charge in [0.2, 0.25) is 0 Å². The zero-order valence-electron chi connectivity index (χ0n) is 10.9. The van der Waals surface area contributed by atoms with Crippen LogP contribution >= 0.6 is 15.9 Å². The molecule has 4 nitrogen and oxygen atoms in total. The Labute approximate surface area is 120 Å². The minimum absolute atomic E-state index is 0.288. The lowest BCUT2D eigenvalue weighted by molar-refractivity contribution is 0.541. The molecule has 102 valence electrons. The minimum Gasteiger partial charge on any atom is -0.322 e. The van der Waals surface area contributed by atoms with E-state index in [0.717, 1.165) is 22.4 Å². The number of pyridine rings is 1. The van der Waals surface area contributed by atoms with E-state index in [1.165, 1.54) is 6.07 Å². The maximum atomic E-state index is 13.7. The fourth-order valence-electron chi connectivity index (χ4n) is 2.04. The predicted octanol–water partition coefficient (Wildman–Crippen LogP) is 2.75. The van der Waals surface area contributed by atoms with E-state index in [-0.39, 0.29) is 11.5 Å². The van der Waals surface area contributed by atoms with Crippen molar-refractivity contribution in [1.82, 2.24) is 14.8 Å². The molecule has 0 saturated carbocycles. The molecule has 0 spiro atoms. The molecule has 0 fully saturated rings. The van der Waals surface area contributed by atoms with Crippen molar-refractivity contribution in [3.05, 3.63) is 45.7 Å². The summed E-state index contributed by atoms with van der Waals surface area (Å²) in [5, 5.41) is 4.40. The SMILES string of the molecule is CCn1nc(C)c(Br)c1CC(N)c1ncccc1F. The lowest BCUT2D eigenvalue weighted by Crippen LogP contribution is -2.19. The Morgan fingerprint density at radius 1 is 1.53 bits per heavy atom. The fraction of sp³-hybridized carbons (Fsp3) is 0.385. The Morgan fingerprint density at radius 3 is 2.89 bits per heavy atom. The topological polar surface area (TPSA) is 56.7 Å². The van der Waals surface area contributed by atoms with E-state index < -0.39 is 6.04 Å². The van der Waals surface area contributed by atoms with Gasteiger partial charge in [-0.3, -0.25) is 9.67 Å². The average molecular weight is 327 g/mol. The van der Waals surface area contributed by atoms with Gasteiger partial charge < -0.3 is 5.73 Å². The maximum absolute atomic E-state index is 13.7. The Bertz CT molecular complexity index is 582. The van der Waals surface area contributed by atoms with E-state index in [1.54, 1.807) is 12.3 Å². The van der Waals surface area contributed by atoms with Crippen molar-refractivity contribution < 1.29 is 4.39 Å². The van der Waals surface area contributed by atoms with Crippen LogP contribution in [0.2, 0.25) is 0 Å². The first-order chi connectivity index (χ1) is 9.04. The highest BCUT2D eigenvalue weighted by Gasteiger charge is 2.19. The third-order valence-electron chi connectivity index (χ3n) is 3.00. The molecular formula is C13H16BrFN4. The van der Waals surface area contributed by atoms with Crippen LogP contribution in [-0.4, -0.2) is 14.8 Å². The van der Waals surface area contributed by atoms with Crippen LogP contribution in [0.3, 0.4) is 0 Å². The highest BCUT2D eigenvalue weighted by molar-refractivity contribution is 9.10. The number of halogens is 2. The van der Waals surface area contributed by atoms with Gasteiger partial charge in [0.05, 0.1) is 27.6 Å². The van der Waals surface area contributed by atoms with Crippen molar-refractivity contribution in [2.75, 3.05) is 0 Å². The van der Waals surface area contributed by atoms with Crippen LogP contribution in [0, 0.1) is 12.7 Å². The fourth-order valence-corrected chi connectivity index (χ4v) is 2.49. The van der Waals surface area contributed by atoms with Crippen molar-refractivity contribution in [1.29, 1.82) is 0 Å². The largest absolute Gasteiger partial charge is 0.322 e. The molecule has 2 aromatic heterocycles. The Morgan fingerprint density at radius 2 is 2.26 bits per heavy atom. The van der Waals surface area contributed by atoms with E-state index in [4.69, 9.17) is 5.73 Å². The van der Waals surface area contributed by atoms with E-state index in [2.05, 4.69) is 26.0 Å².